The average molecular weight is 528 g/mol. The van der Waals surface area contributed by atoms with Gasteiger partial charge in [-0.1, -0.05) is 20.8 Å². The Labute approximate surface area is 218 Å². The van der Waals surface area contributed by atoms with Gasteiger partial charge < -0.3 is 15.1 Å². The molecule has 7 nitrogen and oxygen atoms in total. The van der Waals surface area contributed by atoms with Crippen LogP contribution in [0.3, 0.4) is 0 Å². The second-order valence-corrected chi connectivity index (χ2v) is 14.8. The summed E-state index contributed by atoms with van der Waals surface area (Å²) in [4.78, 5) is 14.3. The van der Waals surface area contributed by atoms with Gasteiger partial charge in [0.25, 0.3) is 10.1 Å². The number of hydrogen-bond acceptors (Lipinski definition) is 5. The third-order valence-electron chi connectivity index (χ3n) is 11.6. The van der Waals surface area contributed by atoms with Crippen LogP contribution in [0.1, 0.15) is 91.9 Å². The highest BCUT2D eigenvalue weighted by Gasteiger charge is 2.62. The maximum absolute atomic E-state index is 12.8. The van der Waals surface area contributed by atoms with Crippen LogP contribution in [-0.4, -0.2) is 65.0 Å². The topological polar surface area (TPSA) is 115 Å². The van der Waals surface area contributed by atoms with Gasteiger partial charge in [0.1, 0.15) is 0 Å². The SMILES string of the molecule is CCN(CCS(=O)(=O)O)C(=O)CCC(C)C1CCC2C3C(O)CC4CC(O)CCC4(C)C3CCC12C. The van der Waals surface area contributed by atoms with Crippen molar-refractivity contribution in [2.24, 2.45) is 46.3 Å². The number of fused-ring (bicyclic) bond motifs is 5. The Bertz CT molecular complexity index is 910. The molecule has 4 rings (SSSR count). The zero-order chi connectivity index (χ0) is 26.5. The summed E-state index contributed by atoms with van der Waals surface area (Å²) in [7, 11) is -4.08. The molecule has 4 aliphatic carbocycles. The number of carbonyl (C=O) groups is 1. The largest absolute Gasteiger partial charge is 0.393 e. The highest BCUT2D eigenvalue weighted by atomic mass is 32.2. The summed E-state index contributed by atoms with van der Waals surface area (Å²) in [6.07, 6.45) is 8.94. The molecule has 4 saturated carbocycles. The fraction of sp³-hybridized carbons (Fsp3) is 0.964. The van der Waals surface area contributed by atoms with Crippen LogP contribution in [0.2, 0.25) is 0 Å². The van der Waals surface area contributed by atoms with Crippen molar-refractivity contribution >= 4 is 16.0 Å². The van der Waals surface area contributed by atoms with Gasteiger partial charge in [-0.05, 0) is 111 Å². The van der Waals surface area contributed by atoms with Crippen molar-refractivity contribution in [2.45, 2.75) is 104 Å². The van der Waals surface area contributed by atoms with Crippen molar-refractivity contribution < 1.29 is 28.0 Å². The summed E-state index contributed by atoms with van der Waals surface area (Å²) in [5, 5.41) is 21.7. The molecule has 208 valence electrons. The van der Waals surface area contributed by atoms with Crippen molar-refractivity contribution in [3.63, 3.8) is 0 Å². The van der Waals surface area contributed by atoms with Gasteiger partial charge in [-0.25, -0.2) is 0 Å². The van der Waals surface area contributed by atoms with Crippen LogP contribution in [0.4, 0.5) is 0 Å². The van der Waals surface area contributed by atoms with E-state index in [2.05, 4.69) is 20.8 Å². The second-order valence-electron chi connectivity index (χ2n) is 13.2. The van der Waals surface area contributed by atoms with Crippen LogP contribution in [0.5, 0.6) is 0 Å². The summed E-state index contributed by atoms with van der Waals surface area (Å²) in [5.74, 6) is 2.26. The lowest BCUT2D eigenvalue weighted by Gasteiger charge is -2.62. The van der Waals surface area contributed by atoms with Gasteiger partial charge in [0.2, 0.25) is 5.91 Å². The summed E-state index contributed by atoms with van der Waals surface area (Å²) < 4.78 is 31.3. The lowest BCUT2D eigenvalue weighted by Crippen LogP contribution is -2.58. The fourth-order valence-electron chi connectivity index (χ4n) is 9.57. The van der Waals surface area contributed by atoms with Crippen LogP contribution in [0.25, 0.3) is 0 Å². The minimum atomic E-state index is -4.08. The van der Waals surface area contributed by atoms with E-state index in [1.165, 1.54) is 11.3 Å². The number of hydrogen-bond donors (Lipinski definition) is 3. The Kier molecular flexibility index (Phi) is 8.23. The van der Waals surface area contributed by atoms with Crippen LogP contribution in [-0.2, 0) is 14.9 Å². The molecule has 0 spiro atoms. The van der Waals surface area contributed by atoms with Gasteiger partial charge in [-0.3, -0.25) is 9.35 Å². The standard InChI is InChI=1S/C28H49NO6S/c1-5-29(14-15-36(33,34)35)25(32)9-6-18(2)21-7-8-22-26-23(11-13-28(21,22)4)27(3)12-10-20(30)16-19(27)17-24(26)31/h18-24,26,30-31H,5-17H2,1-4H3,(H,33,34,35). The number of rotatable bonds is 8. The first-order valence-electron chi connectivity index (χ1n) is 14.4. The van der Waals surface area contributed by atoms with Crippen molar-refractivity contribution in [3.8, 4) is 0 Å². The summed E-state index contributed by atoms with van der Waals surface area (Å²) in [6, 6.07) is 0. The Morgan fingerprint density at radius 2 is 1.69 bits per heavy atom. The van der Waals surface area contributed by atoms with Crippen molar-refractivity contribution in [1.82, 2.24) is 4.90 Å². The molecular formula is C28H49NO6S. The maximum Gasteiger partial charge on any atom is 0.266 e. The van der Waals surface area contributed by atoms with E-state index in [4.69, 9.17) is 4.55 Å². The summed E-state index contributed by atoms with van der Waals surface area (Å²) in [5.41, 5.74) is 0.406. The predicted octanol–water partition coefficient (Wildman–Crippen LogP) is 4.13. The first kappa shape index (κ1) is 28.3. The van der Waals surface area contributed by atoms with Gasteiger partial charge in [0, 0.05) is 19.5 Å². The Balaban J connectivity index is 1.41. The third kappa shape index (κ3) is 5.26. The number of carbonyl (C=O) groups excluding carboxylic acids is 1. The first-order chi connectivity index (χ1) is 16.8. The molecule has 8 heteroatoms. The highest BCUT2D eigenvalue weighted by Crippen LogP contribution is 2.68. The minimum Gasteiger partial charge on any atom is -0.393 e. The maximum atomic E-state index is 12.8. The molecule has 1 amide bonds. The number of nitrogens with zero attached hydrogens (tertiary/aromatic N) is 1. The predicted molar refractivity (Wildman–Crippen MR) is 140 cm³/mol. The molecule has 10 unspecified atom stereocenters. The lowest BCUT2D eigenvalue weighted by atomic mass is 9.43. The molecule has 0 saturated heterocycles. The number of aliphatic hydroxyl groups is 2. The van der Waals surface area contributed by atoms with Gasteiger partial charge in [0.15, 0.2) is 0 Å². The van der Waals surface area contributed by atoms with Gasteiger partial charge >= 0.3 is 0 Å². The molecule has 0 aromatic heterocycles. The third-order valence-corrected chi connectivity index (χ3v) is 12.3. The number of aliphatic hydroxyl groups excluding tert-OH is 2. The number of amides is 1. The van der Waals surface area contributed by atoms with E-state index in [1.54, 1.807) is 0 Å². The smallest absolute Gasteiger partial charge is 0.266 e. The van der Waals surface area contributed by atoms with Crippen LogP contribution >= 0.6 is 0 Å². The monoisotopic (exact) mass is 527 g/mol. The lowest BCUT2D eigenvalue weighted by molar-refractivity contribution is -0.174. The molecule has 3 N–H and O–H groups in total. The first-order valence-corrected chi connectivity index (χ1v) is 16.0. The molecule has 0 aromatic carbocycles. The highest BCUT2D eigenvalue weighted by molar-refractivity contribution is 7.85. The van der Waals surface area contributed by atoms with Crippen molar-refractivity contribution in [3.05, 3.63) is 0 Å². The molecule has 0 aliphatic heterocycles. The molecule has 0 radical (unpaired) electrons. The van der Waals surface area contributed by atoms with Crippen LogP contribution in [0, 0.1) is 46.3 Å². The average Bonchev–Trinajstić information content (AvgIpc) is 3.15. The van der Waals surface area contributed by atoms with Crippen LogP contribution < -0.4 is 0 Å². The quantitative estimate of drug-likeness (QED) is 0.409. The van der Waals surface area contributed by atoms with E-state index in [0.717, 1.165) is 51.4 Å². The van der Waals surface area contributed by atoms with Gasteiger partial charge in [-0.2, -0.15) is 8.42 Å². The second kappa shape index (κ2) is 10.5. The van der Waals surface area contributed by atoms with E-state index in [0.29, 0.717) is 48.5 Å². The van der Waals surface area contributed by atoms with E-state index < -0.39 is 15.9 Å². The minimum absolute atomic E-state index is 0.0313. The van der Waals surface area contributed by atoms with E-state index in [-0.39, 0.29) is 35.5 Å². The van der Waals surface area contributed by atoms with Crippen molar-refractivity contribution in [1.29, 1.82) is 0 Å². The molecule has 4 aliphatic rings. The summed E-state index contributed by atoms with van der Waals surface area (Å²) >= 11 is 0. The fourth-order valence-corrected chi connectivity index (χ4v) is 10.0. The Morgan fingerprint density at radius 1 is 1.03 bits per heavy atom. The molecule has 10 atom stereocenters. The van der Waals surface area contributed by atoms with Crippen molar-refractivity contribution in [2.75, 3.05) is 18.8 Å². The van der Waals surface area contributed by atoms with E-state index >= 15 is 0 Å². The van der Waals surface area contributed by atoms with E-state index in [1.807, 2.05) is 6.92 Å². The zero-order valence-electron chi connectivity index (χ0n) is 22.7. The molecule has 0 heterocycles. The normalized spacial score (nSPS) is 43.2. The van der Waals surface area contributed by atoms with Crippen LogP contribution in [0.15, 0.2) is 0 Å². The zero-order valence-corrected chi connectivity index (χ0v) is 23.5. The molecular weight excluding hydrogens is 478 g/mol. The van der Waals surface area contributed by atoms with Gasteiger partial charge in [0.05, 0.1) is 18.0 Å². The molecule has 0 bridgehead atoms. The Morgan fingerprint density at radius 3 is 2.36 bits per heavy atom. The molecule has 36 heavy (non-hydrogen) atoms. The Hall–Kier alpha value is -0.700. The molecule has 0 aromatic rings. The molecule has 4 fully saturated rings. The van der Waals surface area contributed by atoms with E-state index in [9.17, 15) is 23.4 Å². The van der Waals surface area contributed by atoms with Gasteiger partial charge in [-0.15, -0.1) is 0 Å². The summed E-state index contributed by atoms with van der Waals surface area (Å²) in [6.45, 7) is 9.45.